The van der Waals surface area contributed by atoms with Gasteiger partial charge in [-0.2, -0.15) is 0 Å². The highest BCUT2D eigenvalue weighted by Crippen LogP contribution is 2.19. The van der Waals surface area contributed by atoms with Gasteiger partial charge in [0.15, 0.2) is 5.96 Å². The van der Waals surface area contributed by atoms with Crippen molar-refractivity contribution in [2.24, 2.45) is 4.99 Å². The van der Waals surface area contributed by atoms with Crippen LogP contribution in [0.25, 0.3) is 0 Å². The van der Waals surface area contributed by atoms with Gasteiger partial charge >= 0.3 is 0 Å². The lowest BCUT2D eigenvalue weighted by Gasteiger charge is -2.29. The van der Waals surface area contributed by atoms with Crippen molar-refractivity contribution in [2.75, 3.05) is 44.3 Å². The summed E-state index contributed by atoms with van der Waals surface area (Å²) in [5.41, 5.74) is 1.08. The summed E-state index contributed by atoms with van der Waals surface area (Å²) in [6, 6.07) is 10.0. The van der Waals surface area contributed by atoms with Crippen LogP contribution >= 0.6 is 0 Å². The minimum atomic E-state index is -0.276. The largest absolute Gasteiger partial charge is 0.489 e. The van der Waals surface area contributed by atoms with Crippen molar-refractivity contribution in [3.05, 3.63) is 54.0 Å². The van der Waals surface area contributed by atoms with Gasteiger partial charge in [-0.1, -0.05) is 6.07 Å². The van der Waals surface area contributed by atoms with Crippen LogP contribution in [0.3, 0.4) is 0 Å². The maximum atomic E-state index is 13.0. The van der Waals surface area contributed by atoms with E-state index in [2.05, 4.69) is 26.6 Å². The number of aliphatic imine (C=N–C) groups is 1. The lowest BCUT2D eigenvalue weighted by Crippen LogP contribution is -2.42. The van der Waals surface area contributed by atoms with E-state index in [1.807, 2.05) is 26.1 Å². The Morgan fingerprint density at radius 1 is 1.23 bits per heavy atom. The Balaban J connectivity index is 1.58. The van der Waals surface area contributed by atoms with Crippen LogP contribution in [0.2, 0.25) is 0 Å². The highest BCUT2D eigenvalue weighted by Gasteiger charge is 2.15. The molecule has 1 aromatic heterocycles. The zero-order chi connectivity index (χ0) is 21.2. The number of guanidine groups is 1. The number of pyridine rings is 1. The second kappa shape index (κ2) is 11.3. The van der Waals surface area contributed by atoms with Crippen LogP contribution in [-0.2, 0) is 11.3 Å². The lowest BCUT2D eigenvalue weighted by molar-refractivity contribution is 0.122. The number of hydrogen-bond acceptors (Lipinski definition) is 5. The zero-order valence-electron chi connectivity index (χ0n) is 17.6. The number of rotatable bonds is 8. The van der Waals surface area contributed by atoms with Crippen molar-refractivity contribution in [2.45, 2.75) is 26.5 Å². The first-order valence-corrected chi connectivity index (χ1v) is 10.4. The Labute approximate surface area is 177 Å². The zero-order valence-corrected chi connectivity index (χ0v) is 17.6. The van der Waals surface area contributed by atoms with Crippen LogP contribution in [0, 0.1) is 5.82 Å². The van der Waals surface area contributed by atoms with Gasteiger partial charge in [-0.25, -0.2) is 14.4 Å². The number of nitrogens with zero attached hydrogens (tertiary/aromatic N) is 3. The van der Waals surface area contributed by atoms with Crippen molar-refractivity contribution >= 4 is 11.8 Å². The second-order valence-corrected chi connectivity index (χ2v) is 7.04. The van der Waals surface area contributed by atoms with Crippen molar-refractivity contribution in [3.63, 3.8) is 0 Å². The fraction of sp³-hybridized carbons (Fsp3) is 0.455. The fourth-order valence-electron chi connectivity index (χ4n) is 3.15. The molecule has 0 radical (unpaired) electrons. The predicted molar refractivity (Wildman–Crippen MR) is 117 cm³/mol. The molecule has 0 bridgehead atoms. The Morgan fingerprint density at radius 2 is 2.00 bits per heavy atom. The molecule has 1 atom stereocenters. The summed E-state index contributed by atoms with van der Waals surface area (Å²) in [4.78, 5) is 11.5. The molecule has 7 nitrogen and oxygen atoms in total. The minimum Gasteiger partial charge on any atom is -0.489 e. The molecule has 1 aliphatic heterocycles. The monoisotopic (exact) mass is 415 g/mol. The molecule has 2 heterocycles. The quantitative estimate of drug-likeness (QED) is 0.510. The maximum absolute atomic E-state index is 13.0. The van der Waals surface area contributed by atoms with Crippen LogP contribution in [0.1, 0.15) is 19.4 Å². The molecule has 1 saturated heterocycles. The normalized spacial score (nSPS) is 15.6. The van der Waals surface area contributed by atoms with Gasteiger partial charge in [0, 0.05) is 31.4 Å². The number of benzene rings is 1. The first kappa shape index (κ1) is 21.8. The van der Waals surface area contributed by atoms with E-state index in [1.54, 1.807) is 12.1 Å². The number of ether oxygens (including phenoxy) is 2. The SMILES string of the molecule is CCNC(=NCc1cccnc1N1CCOCC1)NCC(C)Oc1ccc(F)cc1. The van der Waals surface area contributed by atoms with Crippen molar-refractivity contribution in [3.8, 4) is 5.75 Å². The molecular weight excluding hydrogens is 385 g/mol. The third-order valence-corrected chi connectivity index (χ3v) is 4.64. The Bertz CT molecular complexity index is 809. The van der Waals surface area contributed by atoms with Gasteiger partial charge in [0.2, 0.25) is 0 Å². The molecule has 0 aliphatic carbocycles. The van der Waals surface area contributed by atoms with Crippen LogP contribution < -0.4 is 20.3 Å². The molecule has 162 valence electrons. The summed E-state index contributed by atoms with van der Waals surface area (Å²) >= 11 is 0. The number of aromatic nitrogens is 1. The molecule has 8 heteroatoms. The van der Waals surface area contributed by atoms with Crippen LogP contribution in [0.4, 0.5) is 10.2 Å². The van der Waals surface area contributed by atoms with Gasteiger partial charge in [0.25, 0.3) is 0 Å². The number of halogens is 1. The molecule has 3 rings (SSSR count). The third kappa shape index (κ3) is 6.59. The summed E-state index contributed by atoms with van der Waals surface area (Å²) in [7, 11) is 0. The van der Waals surface area contributed by atoms with Crippen LogP contribution in [0.5, 0.6) is 5.75 Å². The lowest BCUT2D eigenvalue weighted by atomic mass is 10.2. The molecule has 0 spiro atoms. The van der Waals surface area contributed by atoms with Gasteiger partial charge in [0.05, 0.1) is 26.3 Å². The van der Waals surface area contributed by atoms with E-state index in [4.69, 9.17) is 14.5 Å². The molecule has 0 saturated carbocycles. The topological polar surface area (TPSA) is 71.0 Å². The van der Waals surface area contributed by atoms with E-state index in [0.29, 0.717) is 24.8 Å². The standard InChI is InChI=1S/C22H30FN5O2/c1-3-24-22(26-15-17(2)30-20-8-6-19(23)7-9-20)27-16-18-5-4-10-25-21(18)28-11-13-29-14-12-28/h4-10,17H,3,11-16H2,1-2H3,(H2,24,26,27). The number of nitrogens with one attached hydrogen (secondary N) is 2. The van der Waals surface area contributed by atoms with E-state index in [1.165, 1.54) is 12.1 Å². The van der Waals surface area contributed by atoms with Gasteiger partial charge in [0.1, 0.15) is 23.5 Å². The molecule has 1 unspecified atom stereocenters. The van der Waals surface area contributed by atoms with Gasteiger partial charge in [-0.15, -0.1) is 0 Å². The summed E-state index contributed by atoms with van der Waals surface area (Å²) in [6.45, 7) is 8.92. The molecule has 1 fully saturated rings. The first-order valence-electron chi connectivity index (χ1n) is 10.4. The highest BCUT2D eigenvalue weighted by atomic mass is 19.1. The minimum absolute atomic E-state index is 0.110. The maximum Gasteiger partial charge on any atom is 0.191 e. The number of morpholine rings is 1. The first-order chi connectivity index (χ1) is 14.7. The number of anilines is 1. The van der Waals surface area contributed by atoms with E-state index < -0.39 is 0 Å². The van der Waals surface area contributed by atoms with Crippen LogP contribution in [0.15, 0.2) is 47.6 Å². The molecule has 1 aliphatic rings. The Hall–Kier alpha value is -2.87. The smallest absolute Gasteiger partial charge is 0.191 e. The van der Waals surface area contributed by atoms with Gasteiger partial charge in [-0.3, -0.25) is 0 Å². The number of hydrogen-bond donors (Lipinski definition) is 2. The average Bonchev–Trinajstić information content (AvgIpc) is 2.78. The highest BCUT2D eigenvalue weighted by molar-refractivity contribution is 5.79. The molecule has 2 aromatic rings. The van der Waals surface area contributed by atoms with E-state index in [-0.39, 0.29) is 11.9 Å². The summed E-state index contributed by atoms with van der Waals surface area (Å²) in [5.74, 6) is 2.04. The van der Waals surface area contributed by atoms with E-state index in [0.717, 1.165) is 44.2 Å². The van der Waals surface area contributed by atoms with E-state index >= 15 is 0 Å². The fourth-order valence-corrected chi connectivity index (χ4v) is 3.15. The second-order valence-electron chi connectivity index (χ2n) is 7.04. The average molecular weight is 416 g/mol. The summed E-state index contributed by atoms with van der Waals surface area (Å²) < 4.78 is 24.3. The Kier molecular flexibility index (Phi) is 8.26. The van der Waals surface area contributed by atoms with Gasteiger partial charge in [-0.05, 0) is 44.2 Å². The predicted octanol–water partition coefficient (Wildman–Crippen LogP) is 2.58. The van der Waals surface area contributed by atoms with Crippen molar-refractivity contribution in [1.82, 2.24) is 15.6 Å². The molecule has 0 amide bonds. The Morgan fingerprint density at radius 3 is 2.73 bits per heavy atom. The van der Waals surface area contributed by atoms with Gasteiger partial charge < -0.3 is 25.0 Å². The van der Waals surface area contributed by atoms with Crippen molar-refractivity contribution < 1.29 is 13.9 Å². The molecular formula is C22H30FN5O2. The van der Waals surface area contributed by atoms with Crippen LogP contribution in [-0.4, -0.2) is 56.4 Å². The molecule has 2 N–H and O–H groups in total. The third-order valence-electron chi connectivity index (χ3n) is 4.64. The summed E-state index contributed by atoms with van der Waals surface area (Å²) in [6.07, 6.45) is 1.71. The molecule has 30 heavy (non-hydrogen) atoms. The van der Waals surface area contributed by atoms with E-state index in [9.17, 15) is 4.39 Å². The van der Waals surface area contributed by atoms with Crippen molar-refractivity contribution in [1.29, 1.82) is 0 Å². The molecule has 1 aromatic carbocycles. The summed E-state index contributed by atoms with van der Waals surface area (Å²) in [5, 5.41) is 6.57.